The Morgan fingerprint density at radius 1 is 1.17 bits per heavy atom. The number of hydrogen-bond donors (Lipinski definition) is 6. The summed E-state index contributed by atoms with van der Waals surface area (Å²) in [5.41, 5.74) is 9.24. The molecule has 2 radical (unpaired) electrons. The van der Waals surface area contributed by atoms with E-state index < -0.39 is 11.4 Å². The Kier molecular flexibility index (Phi) is 3.99. The molecule has 3 unspecified atom stereocenters. The van der Waals surface area contributed by atoms with E-state index in [1.54, 1.807) is 30.7 Å². The standard InChI is InChI=1S/C25H20BN7O3/c1-9-12-5-25(36,21-18(9)32-24(27)33-21)22(34)20-17(12)14(7-29-20)16-8-30-19(23(35)31-16)13-6-28-15-4-10(26)2-3-11(13)15/h2-4,6-9,12,28-29,36H,5H2,1H3,(H,31,35)(H3,27,32,33). The van der Waals surface area contributed by atoms with Crippen LogP contribution in [-0.2, 0) is 5.60 Å². The Labute approximate surface area is 204 Å². The first-order valence-electron chi connectivity index (χ1n) is 11.6. The van der Waals surface area contributed by atoms with E-state index in [9.17, 15) is 14.7 Å². The minimum atomic E-state index is -1.76. The molecule has 4 aromatic heterocycles. The molecule has 7 rings (SSSR count). The van der Waals surface area contributed by atoms with Crippen molar-refractivity contribution < 1.29 is 9.90 Å². The van der Waals surface area contributed by atoms with Crippen molar-refractivity contribution in [2.45, 2.75) is 30.8 Å². The molecule has 2 aliphatic rings. The summed E-state index contributed by atoms with van der Waals surface area (Å²) in [6.45, 7) is 2.00. The predicted octanol–water partition coefficient (Wildman–Crippen LogP) is 1.69. The first-order valence-corrected chi connectivity index (χ1v) is 11.6. The molecule has 0 saturated carbocycles. The Morgan fingerprint density at radius 2 is 1.97 bits per heavy atom. The van der Waals surface area contributed by atoms with E-state index in [4.69, 9.17) is 13.6 Å². The fourth-order valence-corrected chi connectivity index (χ4v) is 5.90. The average Bonchev–Trinajstić information content (AvgIpc) is 3.57. The number of nitrogens with one attached hydrogen (secondary N) is 4. The van der Waals surface area contributed by atoms with E-state index in [2.05, 4.69) is 29.9 Å². The summed E-state index contributed by atoms with van der Waals surface area (Å²) in [6.07, 6.45) is 5.18. The second kappa shape index (κ2) is 6.85. The van der Waals surface area contributed by atoms with E-state index in [-0.39, 0.29) is 41.2 Å². The highest BCUT2D eigenvalue weighted by Crippen LogP contribution is 2.55. The predicted molar refractivity (Wildman–Crippen MR) is 134 cm³/mol. The molecule has 0 aliphatic heterocycles. The number of nitrogen functional groups attached to an aromatic ring is 1. The number of aliphatic hydroxyl groups is 1. The summed E-state index contributed by atoms with van der Waals surface area (Å²) >= 11 is 0. The molecule has 0 spiro atoms. The van der Waals surface area contributed by atoms with Gasteiger partial charge >= 0.3 is 0 Å². The summed E-state index contributed by atoms with van der Waals surface area (Å²) in [5, 5.41) is 12.2. The van der Waals surface area contributed by atoms with Crippen molar-refractivity contribution >= 4 is 35.9 Å². The average molecular weight is 477 g/mol. The zero-order chi connectivity index (χ0) is 24.9. The van der Waals surface area contributed by atoms with Crippen LogP contribution < -0.4 is 16.8 Å². The molecular formula is C25H20BN7O3. The van der Waals surface area contributed by atoms with Gasteiger partial charge in [0.25, 0.3) is 5.56 Å². The van der Waals surface area contributed by atoms with E-state index >= 15 is 0 Å². The Hall–Kier alpha value is -4.38. The number of imidazole rings is 1. The molecule has 5 aromatic rings. The van der Waals surface area contributed by atoms with Crippen LogP contribution in [0.1, 0.15) is 52.6 Å². The quantitative estimate of drug-likeness (QED) is 0.211. The number of ketones is 1. The van der Waals surface area contributed by atoms with Crippen LogP contribution >= 0.6 is 0 Å². The molecule has 2 aliphatic carbocycles. The SMILES string of the molecule is [B]c1ccc2c(-c3ncc(-c4c[nH]c5c4C4CC(O)(C5=O)c5nc(N)[nH]c5C4C)[nH]c3=O)c[nH]c2c1. The Bertz CT molecular complexity index is 1790. The summed E-state index contributed by atoms with van der Waals surface area (Å²) in [7, 11) is 5.86. The molecule has 1 aromatic carbocycles. The van der Waals surface area contributed by atoms with Crippen molar-refractivity contribution in [3.63, 3.8) is 0 Å². The van der Waals surface area contributed by atoms with Gasteiger partial charge in [-0.2, -0.15) is 0 Å². The lowest BCUT2D eigenvalue weighted by Gasteiger charge is -2.42. The van der Waals surface area contributed by atoms with Crippen LogP contribution in [0.25, 0.3) is 33.4 Å². The van der Waals surface area contributed by atoms with Crippen LogP contribution in [0.4, 0.5) is 5.95 Å². The van der Waals surface area contributed by atoms with Crippen LogP contribution in [0, 0.1) is 0 Å². The fraction of sp³-hybridized carbons (Fsp3) is 0.200. The first kappa shape index (κ1) is 21.0. The molecule has 0 fully saturated rings. The highest BCUT2D eigenvalue weighted by molar-refractivity contribution is 6.33. The maximum absolute atomic E-state index is 13.4. The molecule has 7 N–H and O–H groups in total. The van der Waals surface area contributed by atoms with Gasteiger partial charge in [-0.1, -0.05) is 24.5 Å². The van der Waals surface area contributed by atoms with Gasteiger partial charge in [0.2, 0.25) is 5.78 Å². The van der Waals surface area contributed by atoms with Gasteiger partial charge in [-0.25, -0.2) is 9.97 Å². The molecule has 176 valence electrons. The maximum Gasteiger partial charge on any atom is 0.275 e. The second-order valence-electron chi connectivity index (χ2n) is 9.65. The number of Topliss-reactive ketones (excluding diaryl/α,β-unsaturated/α-hetero) is 1. The van der Waals surface area contributed by atoms with Gasteiger partial charge in [0.05, 0.1) is 17.6 Å². The number of aromatic nitrogens is 6. The number of nitrogens with two attached hydrogens (primary N) is 1. The highest BCUT2D eigenvalue weighted by atomic mass is 16.3. The molecule has 2 bridgehead atoms. The van der Waals surface area contributed by atoms with Crippen molar-refractivity contribution in [3.05, 3.63) is 69.8 Å². The number of hydrogen-bond acceptors (Lipinski definition) is 6. The second-order valence-corrected chi connectivity index (χ2v) is 9.65. The Morgan fingerprint density at radius 3 is 2.78 bits per heavy atom. The molecule has 10 nitrogen and oxygen atoms in total. The summed E-state index contributed by atoms with van der Waals surface area (Å²) in [4.78, 5) is 47.4. The molecule has 0 amide bonds. The molecule has 11 heteroatoms. The number of benzene rings is 1. The van der Waals surface area contributed by atoms with E-state index in [0.717, 1.165) is 16.5 Å². The van der Waals surface area contributed by atoms with E-state index in [0.29, 0.717) is 33.7 Å². The van der Waals surface area contributed by atoms with Crippen molar-refractivity contribution in [1.82, 2.24) is 29.9 Å². The van der Waals surface area contributed by atoms with Gasteiger partial charge in [0, 0.05) is 46.0 Å². The number of carbonyl (C=O) groups excluding carboxylic acids is 1. The van der Waals surface area contributed by atoms with Gasteiger partial charge < -0.3 is 30.8 Å². The lowest BCUT2D eigenvalue weighted by Crippen LogP contribution is -2.46. The van der Waals surface area contributed by atoms with Crippen LogP contribution in [0.2, 0.25) is 0 Å². The third-order valence-electron chi connectivity index (χ3n) is 7.65. The van der Waals surface area contributed by atoms with Gasteiger partial charge in [0.15, 0.2) is 11.5 Å². The smallest absolute Gasteiger partial charge is 0.275 e. The summed E-state index contributed by atoms with van der Waals surface area (Å²) < 4.78 is 0. The molecule has 0 saturated heterocycles. The van der Waals surface area contributed by atoms with Crippen LogP contribution in [-0.4, -0.2) is 48.6 Å². The van der Waals surface area contributed by atoms with Crippen molar-refractivity contribution in [2.75, 3.05) is 5.73 Å². The number of aromatic amines is 4. The van der Waals surface area contributed by atoms with Gasteiger partial charge in [0.1, 0.15) is 19.2 Å². The number of anilines is 1. The minimum Gasteiger partial charge on any atom is -0.375 e. The molecular weight excluding hydrogens is 457 g/mol. The van der Waals surface area contributed by atoms with Crippen molar-refractivity contribution in [2.24, 2.45) is 0 Å². The number of rotatable bonds is 2. The lowest BCUT2D eigenvalue weighted by atomic mass is 9.63. The Balaban J connectivity index is 1.35. The minimum absolute atomic E-state index is 0.0934. The third kappa shape index (κ3) is 2.60. The zero-order valence-electron chi connectivity index (χ0n) is 19.1. The van der Waals surface area contributed by atoms with Crippen LogP contribution in [0.3, 0.4) is 0 Å². The number of H-pyrrole nitrogens is 4. The normalized spacial score (nSPS) is 22.6. The zero-order valence-corrected chi connectivity index (χ0v) is 19.1. The van der Waals surface area contributed by atoms with Gasteiger partial charge in [-0.15, -0.1) is 0 Å². The largest absolute Gasteiger partial charge is 0.375 e. The van der Waals surface area contributed by atoms with Crippen LogP contribution in [0.15, 0.2) is 41.6 Å². The molecule has 4 heterocycles. The summed E-state index contributed by atoms with van der Waals surface area (Å²) in [6, 6.07) is 5.42. The van der Waals surface area contributed by atoms with E-state index in [1.807, 2.05) is 13.0 Å². The van der Waals surface area contributed by atoms with Crippen molar-refractivity contribution in [3.8, 4) is 22.5 Å². The first-order chi connectivity index (χ1) is 17.3. The third-order valence-corrected chi connectivity index (χ3v) is 7.65. The van der Waals surface area contributed by atoms with Crippen molar-refractivity contribution in [1.29, 1.82) is 0 Å². The van der Waals surface area contributed by atoms with E-state index in [1.165, 1.54) is 0 Å². The van der Waals surface area contributed by atoms with Crippen LogP contribution in [0.5, 0.6) is 0 Å². The topological polar surface area (TPSA) is 169 Å². The number of fused-ring (bicyclic) bond motifs is 7. The summed E-state index contributed by atoms with van der Waals surface area (Å²) in [5.74, 6) is -0.610. The van der Waals surface area contributed by atoms with Gasteiger partial charge in [-0.3, -0.25) is 9.59 Å². The number of nitrogens with zero attached hydrogens (tertiary/aromatic N) is 2. The lowest BCUT2D eigenvalue weighted by molar-refractivity contribution is 0.00708. The highest BCUT2D eigenvalue weighted by Gasteiger charge is 2.56. The molecule has 3 atom stereocenters. The number of carbonyl (C=O) groups is 1. The maximum atomic E-state index is 13.4. The fourth-order valence-electron chi connectivity index (χ4n) is 5.90. The van der Waals surface area contributed by atoms with Gasteiger partial charge in [-0.05, 0) is 24.0 Å². The molecule has 36 heavy (non-hydrogen) atoms. The monoisotopic (exact) mass is 477 g/mol.